The van der Waals surface area contributed by atoms with E-state index < -0.39 is 0 Å². The highest BCUT2D eigenvalue weighted by Gasteiger charge is 2.13. The molecule has 5 heteroatoms. The second-order valence-electron chi connectivity index (χ2n) is 6.34. The molecule has 1 N–H and O–H groups in total. The minimum atomic E-state index is -0.0904. The second-order valence-corrected chi connectivity index (χ2v) is 7.33. The number of hydrogen-bond acceptors (Lipinski definition) is 4. The lowest BCUT2D eigenvalue weighted by molar-refractivity contribution is -0.119. The molecule has 0 saturated heterocycles. The smallest absolute Gasteiger partial charge is 0.230 e. The topological polar surface area (TPSA) is 47.6 Å². The molecule has 2 rings (SSSR count). The molecule has 0 aliphatic carbocycles. The highest BCUT2D eigenvalue weighted by Crippen LogP contribution is 2.30. The van der Waals surface area contributed by atoms with E-state index >= 15 is 0 Å². The number of carbonyl (C=O) groups is 1. The summed E-state index contributed by atoms with van der Waals surface area (Å²) in [4.78, 5) is 12.3. The molecular weight excluding hydrogens is 358 g/mol. The quantitative estimate of drug-likeness (QED) is 0.630. The van der Waals surface area contributed by atoms with Crippen LogP contribution in [0.1, 0.15) is 43.5 Å². The van der Waals surface area contributed by atoms with Crippen LogP contribution >= 0.6 is 11.8 Å². The molecule has 1 amide bonds. The van der Waals surface area contributed by atoms with E-state index in [-0.39, 0.29) is 11.9 Å². The Labute approximate surface area is 166 Å². The largest absolute Gasteiger partial charge is 0.490 e. The summed E-state index contributed by atoms with van der Waals surface area (Å²) in [5, 5.41) is 3.06. The van der Waals surface area contributed by atoms with E-state index in [0.717, 1.165) is 17.1 Å². The Bertz CT molecular complexity index is 731. The van der Waals surface area contributed by atoms with E-state index in [1.807, 2.05) is 39.0 Å². The van der Waals surface area contributed by atoms with Crippen LogP contribution in [0.15, 0.2) is 42.5 Å². The monoisotopic (exact) mass is 387 g/mol. The number of hydrogen-bond donors (Lipinski definition) is 1. The molecule has 0 aliphatic heterocycles. The highest BCUT2D eigenvalue weighted by molar-refractivity contribution is 7.99. The molecule has 0 radical (unpaired) electrons. The Morgan fingerprint density at radius 3 is 2.37 bits per heavy atom. The molecule has 146 valence electrons. The molecule has 0 saturated carbocycles. The molecule has 0 aromatic heterocycles. The fourth-order valence-corrected chi connectivity index (χ4v) is 3.45. The summed E-state index contributed by atoms with van der Waals surface area (Å²) in [6, 6.07) is 14.1. The van der Waals surface area contributed by atoms with Crippen LogP contribution in [-0.4, -0.2) is 24.9 Å². The summed E-state index contributed by atoms with van der Waals surface area (Å²) < 4.78 is 11.3. The number of amides is 1. The predicted molar refractivity (Wildman–Crippen MR) is 113 cm³/mol. The van der Waals surface area contributed by atoms with Crippen LogP contribution in [0.2, 0.25) is 0 Å². The van der Waals surface area contributed by atoms with Crippen molar-refractivity contribution < 1.29 is 14.3 Å². The van der Waals surface area contributed by atoms with E-state index in [1.54, 1.807) is 11.8 Å². The summed E-state index contributed by atoms with van der Waals surface area (Å²) >= 11 is 1.62. The molecule has 0 fully saturated rings. The van der Waals surface area contributed by atoms with Gasteiger partial charge in [-0.3, -0.25) is 4.79 Å². The van der Waals surface area contributed by atoms with Gasteiger partial charge in [-0.2, -0.15) is 0 Å². The fraction of sp³-hybridized carbons (Fsp3) is 0.409. The van der Waals surface area contributed by atoms with Crippen LogP contribution in [-0.2, 0) is 10.5 Å². The third-order valence-electron chi connectivity index (χ3n) is 4.07. The maximum atomic E-state index is 12.3. The van der Waals surface area contributed by atoms with Crippen molar-refractivity contribution in [3.63, 3.8) is 0 Å². The molecule has 0 spiro atoms. The van der Waals surface area contributed by atoms with Gasteiger partial charge in [0, 0.05) is 5.75 Å². The molecular formula is C22H29NO3S. The number of rotatable bonds is 10. The molecule has 2 aromatic carbocycles. The van der Waals surface area contributed by atoms with Gasteiger partial charge in [0.05, 0.1) is 25.0 Å². The third-order valence-corrected chi connectivity index (χ3v) is 5.07. The minimum Gasteiger partial charge on any atom is -0.490 e. The SMILES string of the molecule is CCOc1ccc([C@H](C)NC(=O)CSCc2ccc(C)cc2)cc1OCC. The van der Waals surface area contributed by atoms with Crippen LogP contribution in [0.5, 0.6) is 11.5 Å². The van der Waals surface area contributed by atoms with Crippen LogP contribution < -0.4 is 14.8 Å². The van der Waals surface area contributed by atoms with Crippen molar-refractivity contribution in [1.29, 1.82) is 0 Å². The first-order valence-electron chi connectivity index (χ1n) is 9.35. The number of benzene rings is 2. The maximum absolute atomic E-state index is 12.3. The van der Waals surface area contributed by atoms with Gasteiger partial charge in [0.15, 0.2) is 11.5 Å². The van der Waals surface area contributed by atoms with Crippen LogP contribution in [0, 0.1) is 6.92 Å². The lowest BCUT2D eigenvalue weighted by Crippen LogP contribution is -2.28. The Morgan fingerprint density at radius 2 is 1.70 bits per heavy atom. The van der Waals surface area contributed by atoms with Crippen LogP contribution in [0.25, 0.3) is 0 Å². The van der Waals surface area contributed by atoms with Gasteiger partial charge in [-0.1, -0.05) is 35.9 Å². The molecule has 4 nitrogen and oxygen atoms in total. The summed E-state index contributed by atoms with van der Waals surface area (Å²) in [6.45, 7) is 9.10. The van der Waals surface area contributed by atoms with Gasteiger partial charge in [0.2, 0.25) is 5.91 Å². The van der Waals surface area contributed by atoms with Crippen molar-refractivity contribution in [1.82, 2.24) is 5.32 Å². The summed E-state index contributed by atoms with van der Waals surface area (Å²) in [5.74, 6) is 2.75. The van der Waals surface area contributed by atoms with Gasteiger partial charge in [-0.05, 0) is 51.0 Å². The van der Waals surface area contributed by atoms with Crippen molar-refractivity contribution in [2.45, 2.75) is 39.5 Å². The van der Waals surface area contributed by atoms with Gasteiger partial charge in [0.1, 0.15) is 0 Å². The van der Waals surface area contributed by atoms with Crippen molar-refractivity contribution in [2.75, 3.05) is 19.0 Å². The molecule has 0 bridgehead atoms. The molecule has 27 heavy (non-hydrogen) atoms. The van der Waals surface area contributed by atoms with E-state index in [1.165, 1.54) is 11.1 Å². The first-order valence-corrected chi connectivity index (χ1v) is 10.5. The van der Waals surface area contributed by atoms with E-state index in [9.17, 15) is 4.79 Å². The Kier molecular flexibility index (Phi) is 8.52. The third kappa shape index (κ3) is 6.83. The molecule has 1 atom stereocenters. The van der Waals surface area contributed by atoms with Gasteiger partial charge in [-0.15, -0.1) is 11.8 Å². The molecule has 0 heterocycles. The van der Waals surface area contributed by atoms with Gasteiger partial charge in [-0.25, -0.2) is 0 Å². The average molecular weight is 388 g/mol. The summed E-state index contributed by atoms with van der Waals surface area (Å²) in [7, 11) is 0. The Hall–Kier alpha value is -2.14. The molecule has 0 unspecified atom stereocenters. The van der Waals surface area contributed by atoms with Crippen LogP contribution in [0.4, 0.5) is 0 Å². The number of nitrogens with one attached hydrogen (secondary N) is 1. The standard InChI is InChI=1S/C22H29NO3S/c1-5-25-20-12-11-19(13-21(20)26-6-2)17(4)23-22(24)15-27-14-18-9-7-16(3)8-10-18/h7-13,17H,5-6,14-15H2,1-4H3,(H,23,24)/t17-/m0/s1. The molecule has 2 aromatic rings. The molecule has 0 aliphatic rings. The zero-order chi connectivity index (χ0) is 19.6. The van der Waals surface area contributed by atoms with E-state index in [0.29, 0.717) is 24.7 Å². The lowest BCUT2D eigenvalue weighted by Gasteiger charge is -2.17. The first kappa shape index (κ1) is 21.2. The number of ether oxygens (including phenoxy) is 2. The zero-order valence-electron chi connectivity index (χ0n) is 16.6. The van der Waals surface area contributed by atoms with Gasteiger partial charge < -0.3 is 14.8 Å². The van der Waals surface area contributed by atoms with Gasteiger partial charge >= 0.3 is 0 Å². The Balaban J connectivity index is 1.87. The van der Waals surface area contributed by atoms with Crippen molar-refractivity contribution >= 4 is 17.7 Å². The lowest BCUT2D eigenvalue weighted by atomic mass is 10.1. The fourth-order valence-electron chi connectivity index (χ4n) is 2.65. The van der Waals surface area contributed by atoms with Crippen molar-refractivity contribution in [3.05, 3.63) is 59.2 Å². The number of carbonyl (C=O) groups excluding carboxylic acids is 1. The first-order chi connectivity index (χ1) is 13.0. The van der Waals surface area contributed by atoms with E-state index in [2.05, 4.69) is 36.5 Å². The van der Waals surface area contributed by atoms with E-state index in [4.69, 9.17) is 9.47 Å². The van der Waals surface area contributed by atoms with Crippen LogP contribution in [0.3, 0.4) is 0 Å². The predicted octanol–water partition coefficient (Wildman–Crippen LogP) is 4.90. The van der Waals surface area contributed by atoms with Gasteiger partial charge in [0.25, 0.3) is 0 Å². The zero-order valence-corrected chi connectivity index (χ0v) is 17.4. The average Bonchev–Trinajstić information content (AvgIpc) is 2.65. The second kappa shape index (κ2) is 10.9. The highest BCUT2D eigenvalue weighted by atomic mass is 32.2. The summed E-state index contributed by atoms with van der Waals surface area (Å²) in [6.07, 6.45) is 0. The number of aryl methyl sites for hydroxylation is 1. The summed E-state index contributed by atoms with van der Waals surface area (Å²) in [5.41, 5.74) is 3.48. The Morgan fingerprint density at radius 1 is 1.04 bits per heavy atom. The normalized spacial score (nSPS) is 11.7. The van der Waals surface area contributed by atoms with Crippen molar-refractivity contribution in [3.8, 4) is 11.5 Å². The minimum absolute atomic E-state index is 0.0338. The number of thioether (sulfide) groups is 1. The van der Waals surface area contributed by atoms with Crippen molar-refractivity contribution in [2.24, 2.45) is 0 Å². The maximum Gasteiger partial charge on any atom is 0.230 e.